The largest absolute Gasteiger partial charge is 0.396 e. The lowest BCUT2D eigenvalue weighted by molar-refractivity contribution is 0.00220. The smallest absolute Gasteiger partial charge is 0.107 e. The van der Waals surface area contributed by atoms with Gasteiger partial charge < -0.3 is 10.2 Å². The maximum absolute atomic E-state index is 9.58. The van der Waals surface area contributed by atoms with Crippen LogP contribution in [0.2, 0.25) is 0 Å². The molecule has 0 radical (unpaired) electrons. The van der Waals surface area contributed by atoms with Crippen LogP contribution in [-0.4, -0.2) is 41.0 Å². The Morgan fingerprint density at radius 3 is 2.17 bits per heavy atom. The number of nitrogens with zero attached hydrogens (tertiary/aromatic N) is 1. The van der Waals surface area contributed by atoms with E-state index in [1.807, 2.05) is 18.7 Å². The molecule has 1 unspecified atom stereocenters. The molecule has 0 heterocycles. The van der Waals surface area contributed by atoms with E-state index in [0.29, 0.717) is 0 Å². The molecule has 2 N–H and O–H groups in total. The number of rotatable bonds is 7. The second kappa shape index (κ2) is 7.53. The van der Waals surface area contributed by atoms with Crippen molar-refractivity contribution in [2.75, 3.05) is 19.7 Å². The van der Waals surface area contributed by atoms with Crippen molar-refractivity contribution in [3.05, 3.63) is 0 Å². The summed E-state index contributed by atoms with van der Waals surface area (Å²) in [6, 6.07) is 0. The van der Waals surface area contributed by atoms with E-state index in [2.05, 4.69) is 0 Å². The molecule has 0 aromatic rings. The molecule has 0 aliphatic carbocycles. The Balaban J connectivity index is 3.47. The van der Waals surface area contributed by atoms with Crippen molar-refractivity contribution in [1.29, 1.82) is 0 Å². The third-order valence-electron chi connectivity index (χ3n) is 2.10. The van der Waals surface area contributed by atoms with Crippen LogP contribution in [0.1, 0.15) is 33.1 Å². The highest BCUT2D eigenvalue weighted by atomic mass is 16.3. The molecule has 0 fully saturated rings. The van der Waals surface area contributed by atoms with Gasteiger partial charge in [-0.25, -0.2) is 0 Å². The molecule has 0 aliphatic heterocycles. The van der Waals surface area contributed by atoms with Crippen LogP contribution >= 0.6 is 0 Å². The first-order chi connectivity index (χ1) is 5.76. The normalized spacial score (nSPS) is 13.8. The minimum absolute atomic E-state index is 0.227. The molecule has 0 saturated heterocycles. The first-order valence-electron chi connectivity index (χ1n) is 4.79. The van der Waals surface area contributed by atoms with Crippen LogP contribution in [0.4, 0.5) is 0 Å². The molecule has 3 nitrogen and oxygen atoms in total. The maximum atomic E-state index is 9.58. The van der Waals surface area contributed by atoms with E-state index in [9.17, 15) is 5.11 Å². The Kier molecular flexibility index (Phi) is 7.45. The molecule has 0 saturated carbocycles. The van der Waals surface area contributed by atoms with Gasteiger partial charge in [-0.3, -0.25) is 4.90 Å². The fourth-order valence-corrected chi connectivity index (χ4v) is 1.27. The van der Waals surface area contributed by atoms with Gasteiger partial charge in [0.05, 0.1) is 0 Å². The number of unbranched alkanes of at least 4 members (excludes halogenated alkanes) is 1. The molecule has 12 heavy (non-hydrogen) atoms. The number of aliphatic hydroxyl groups is 2. The second-order valence-corrected chi connectivity index (χ2v) is 2.92. The van der Waals surface area contributed by atoms with Crippen molar-refractivity contribution in [3.8, 4) is 0 Å². The van der Waals surface area contributed by atoms with Crippen molar-refractivity contribution >= 4 is 0 Å². The lowest BCUT2D eigenvalue weighted by Gasteiger charge is -2.24. The average molecular weight is 175 g/mol. The standard InChI is InChI=1S/C9H21NO2/c1-3-10(4-2)9(12)7-5-6-8-11/h9,11-12H,3-8H2,1-2H3. The number of aliphatic hydroxyl groups excluding tert-OH is 2. The van der Waals surface area contributed by atoms with E-state index in [1.54, 1.807) is 0 Å². The summed E-state index contributed by atoms with van der Waals surface area (Å²) in [6.07, 6.45) is 2.13. The predicted octanol–water partition coefficient (Wildman–Crippen LogP) is 0.809. The van der Waals surface area contributed by atoms with E-state index in [0.717, 1.165) is 32.4 Å². The van der Waals surface area contributed by atoms with Crippen LogP contribution in [0, 0.1) is 0 Å². The number of hydrogen-bond donors (Lipinski definition) is 2. The van der Waals surface area contributed by atoms with Crippen molar-refractivity contribution in [2.24, 2.45) is 0 Å². The van der Waals surface area contributed by atoms with Gasteiger partial charge in [0.25, 0.3) is 0 Å². The molecule has 0 aromatic heterocycles. The minimum atomic E-state index is -0.327. The Morgan fingerprint density at radius 1 is 1.17 bits per heavy atom. The van der Waals surface area contributed by atoms with Gasteiger partial charge in [0.1, 0.15) is 6.23 Å². The zero-order valence-electron chi connectivity index (χ0n) is 8.16. The first kappa shape index (κ1) is 11.9. The van der Waals surface area contributed by atoms with Crippen LogP contribution in [0.3, 0.4) is 0 Å². The fraction of sp³-hybridized carbons (Fsp3) is 1.00. The van der Waals surface area contributed by atoms with E-state index < -0.39 is 0 Å². The summed E-state index contributed by atoms with van der Waals surface area (Å²) in [4.78, 5) is 2.01. The molecular weight excluding hydrogens is 154 g/mol. The Bertz CT molecular complexity index is 94.5. The van der Waals surface area contributed by atoms with Gasteiger partial charge >= 0.3 is 0 Å². The molecule has 0 amide bonds. The zero-order valence-corrected chi connectivity index (χ0v) is 8.16. The van der Waals surface area contributed by atoms with Gasteiger partial charge in [-0.1, -0.05) is 13.8 Å². The summed E-state index contributed by atoms with van der Waals surface area (Å²) < 4.78 is 0. The van der Waals surface area contributed by atoms with Gasteiger partial charge in [-0.2, -0.15) is 0 Å². The Hall–Kier alpha value is -0.120. The van der Waals surface area contributed by atoms with Gasteiger partial charge in [-0.15, -0.1) is 0 Å². The lowest BCUT2D eigenvalue weighted by Crippen LogP contribution is -2.34. The highest BCUT2D eigenvalue weighted by Gasteiger charge is 2.10. The van der Waals surface area contributed by atoms with Crippen LogP contribution in [0.15, 0.2) is 0 Å². The van der Waals surface area contributed by atoms with E-state index in [-0.39, 0.29) is 12.8 Å². The number of hydrogen-bond acceptors (Lipinski definition) is 3. The molecule has 3 heteroatoms. The van der Waals surface area contributed by atoms with Crippen LogP contribution < -0.4 is 0 Å². The van der Waals surface area contributed by atoms with Gasteiger partial charge in [-0.05, 0) is 32.4 Å². The summed E-state index contributed by atoms with van der Waals surface area (Å²) in [5.41, 5.74) is 0. The highest BCUT2D eigenvalue weighted by Crippen LogP contribution is 2.05. The molecule has 0 bridgehead atoms. The van der Waals surface area contributed by atoms with Gasteiger partial charge in [0.2, 0.25) is 0 Å². The minimum Gasteiger partial charge on any atom is -0.396 e. The monoisotopic (exact) mass is 175 g/mol. The lowest BCUT2D eigenvalue weighted by atomic mass is 10.2. The summed E-state index contributed by atoms with van der Waals surface area (Å²) in [5, 5.41) is 18.1. The summed E-state index contributed by atoms with van der Waals surface area (Å²) >= 11 is 0. The third kappa shape index (κ3) is 4.70. The predicted molar refractivity (Wildman–Crippen MR) is 49.9 cm³/mol. The second-order valence-electron chi connectivity index (χ2n) is 2.92. The molecule has 0 aromatic carbocycles. The van der Waals surface area contributed by atoms with E-state index in [1.165, 1.54) is 0 Å². The quantitative estimate of drug-likeness (QED) is 0.444. The molecule has 1 atom stereocenters. The molecular formula is C9H21NO2. The first-order valence-corrected chi connectivity index (χ1v) is 4.79. The van der Waals surface area contributed by atoms with Crippen LogP contribution in [0.25, 0.3) is 0 Å². The van der Waals surface area contributed by atoms with Crippen LogP contribution in [-0.2, 0) is 0 Å². The van der Waals surface area contributed by atoms with Crippen LogP contribution in [0.5, 0.6) is 0 Å². The summed E-state index contributed by atoms with van der Waals surface area (Å²) in [5.74, 6) is 0. The molecule has 0 spiro atoms. The maximum Gasteiger partial charge on any atom is 0.107 e. The summed E-state index contributed by atoms with van der Waals surface area (Å²) in [7, 11) is 0. The average Bonchev–Trinajstić information content (AvgIpc) is 2.07. The molecule has 0 aliphatic rings. The Morgan fingerprint density at radius 2 is 1.75 bits per heavy atom. The van der Waals surface area contributed by atoms with Crippen molar-refractivity contribution in [2.45, 2.75) is 39.3 Å². The van der Waals surface area contributed by atoms with E-state index in [4.69, 9.17) is 5.11 Å². The SMILES string of the molecule is CCN(CC)C(O)CCCCO. The third-order valence-corrected chi connectivity index (χ3v) is 2.10. The topological polar surface area (TPSA) is 43.7 Å². The zero-order chi connectivity index (χ0) is 9.40. The fourth-order valence-electron chi connectivity index (χ4n) is 1.27. The van der Waals surface area contributed by atoms with Crippen molar-refractivity contribution < 1.29 is 10.2 Å². The molecule has 74 valence electrons. The van der Waals surface area contributed by atoms with Gasteiger partial charge in [0.15, 0.2) is 0 Å². The Labute approximate surface area is 75.0 Å². The van der Waals surface area contributed by atoms with Gasteiger partial charge in [0, 0.05) is 6.61 Å². The molecule has 0 rings (SSSR count). The van der Waals surface area contributed by atoms with E-state index >= 15 is 0 Å². The van der Waals surface area contributed by atoms with Crippen molar-refractivity contribution in [3.63, 3.8) is 0 Å². The summed E-state index contributed by atoms with van der Waals surface area (Å²) in [6.45, 7) is 6.08. The highest BCUT2D eigenvalue weighted by molar-refractivity contribution is 4.57. The van der Waals surface area contributed by atoms with Crippen molar-refractivity contribution in [1.82, 2.24) is 4.90 Å².